The molecule has 0 atom stereocenters. The van der Waals surface area contributed by atoms with Crippen molar-refractivity contribution in [1.82, 2.24) is 15.0 Å². The summed E-state index contributed by atoms with van der Waals surface area (Å²) in [7, 11) is 0. The van der Waals surface area contributed by atoms with Crippen molar-refractivity contribution in [2.45, 2.75) is 6.42 Å². The van der Waals surface area contributed by atoms with E-state index in [1.165, 1.54) is 12.4 Å². The molecule has 0 aliphatic carbocycles. The first kappa shape index (κ1) is 9.45. The molecule has 2 aromatic rings. The second-order valence-electron chi connectivity index (χ2n) is 3.05. The smallest absolute Gasteiger partial charge is 0.187 e. The van der Waals surface area contributed by atoms with Crippen LogP contribution < -0.4 is 0 Å². The van der Waals surface area contributed by atoms with Crippen molar-refractivity contribution in [3.8, 4) is 0 Å². The van der Waals surface area contributed by atoms with Crippen molar-refractivity contribution in [2.24, 2.45) is 0 Å². The normalized spacial score (nSPS) is 9.87. The number of carbonyl (C=O) groups excluding carboxylic acids is 1. The topological polar surface area (TPSA) is 55.7 Å². The van der Waals surface area contributed by atoms with Crippen molar-refractivity contribution >= 4 is 5.78 Å². The van der Waals surface area contributed by atoms with E-state index in [-0.39, 0.29) is 5.78 Å². The predicted octanol–water partition coefficient (Wildman–Crippen LogP) is 1.30. The summed E-state index contributed by atoms with van der Waals surface area (Å²) in [6, 6.07) is 3.63. The zero-order chi connectivity index (χ0) is 10.5. The Kier molecular flexibility index (Phi) is 2.78. The lowest BCUT2D eigenvalue weighted by Gasteiger charge is -1.98. The van der Waals surface area contributed by atoms with Crippen molar-refractivity contribution in [1.29, 1.82) is 0 Å². The average Bonchev–Trinajstić information content (AvgIpc) is 2.31. The summed E-state index contributed by atoms with van der Waals surface area (Å²) in [5.74, 6) is -0.0331. The van der Waals surface area contributed by atoms with Crippen molar-refractivity contribution < 1.29 is 4.79 Å². The minimum atomic E-state index is -0.0331. The predicted molar refractivity (Wildman–Crippen MR) is 54.3 cm³/mol. The Balaban J connectivity index is 2.12. The number of pyridine rings is 1. The highest BCUT2D eigenvalue weighted by molar-refractivity contribution is 5.95. The van der Waals surface area contributed by atoms with E-state index in [4.69, 9.17) is 0 Å². The van der Waals surface area contributed by atoms with Gasteiger partial charge in [0.15, 0.2) is 5.78 Å². The van der Waals surface area contributed by atoms with Crippen LogP contribution in [0.2, 0.25) is 0 Å². The Hall–Kier alpha value is -2.10. The highest BCUT2D eigenvalue weighted by Crippen LogP contribution is 2.02. The highest BCUT2D eigenvalue weighted by Gasteiger charge is 2.07. The van der Waals surface area contributed by atoms with Gasteiger partial charge in [0.2, 0.25) is 0 Å². The molecule has 2 heterocycles. The fraction of sp³-hybridized carbons (Fsp3) is 0.0909. The molecule has 4 heteroatoms. The summed E-state index contributed by atoms with van der Waals surface area (Å²) in [5.41, 5.74) is 1.33. The molecule has 0 unspecified atom stereocenters. The fourth-order valence-corrected chi connectivity index (χ4v) is 1.22. The lowest BCUT2D eigenvalue weighted by Crippen LogP contribution is -2.06. The molecule has 0 radical (unpaired) electrons. The van der Waals surface area contributed by atoms with Gasteiger partial charge in [-0.3, -0.25) is 14.8 Å². The molecule has 0 spiro atoms. The number of hydrogen-bond donors (Lipinski definition) is 0. The zero-order valence-electron chi connectivity index (χ0n) is 8.00. The van der Waals surface area contributed by atoms with Gasteiger partial charge >= 0.3 is 0 Å². The Morgan fingerprint density at radius 3 is 2.53 bits per heavy atom. The summed E-state index contributed by atoms with van der Waals surface area (Å²) in [5, 5.41) is 0. The van der Waals surface area contributed by atoms with E-state index in [1.54, 1.807) is 18.6 Å². The number of carbonyl (C=O) groups is 1. The van der Waals surface area contributed by atoms with E-state index in [9.17, 15) is 4.79 Å². The lowest BCUT2D eigenvalue weighted by molar-refractivity contribution is 0.0988. The Bertz CT molecular complexity index is 442. The van der Waals surface area contributed by atoms with Gasteiger partial charge in [0.25, 0.3) is 0 Å². The number of rotatable bonds is 3. The van der Waals surface area contributed by atoms with Crippen LogP contribution in [-0.2, 0) is 6.42 Å². The largest absolute Gasteiger partial charge is 0.292 e. The molecular formula is C11H9N3O. The Labute approximate surface area is 87.0 Å². The quantitative estimate of drug-likeness (QED) is 0.699. The van der Waals surface area contributed by atoms with Crippen LogP contribution in [0.3, 0.4) is 0 Å². The van der Waals surface area contributed by atoms with Gasteiger partial charge in [0.05, 0.1) is 6.20 Å². The molecule has 0 N–H and O–H groups in total. The first-order valence-electron chi connectivity index (χ1n) is 4.54. The molecule has 0 fully saturated rings. The molecule has 74 valence electrons. The monoisotopic (exact) mass is 199 g/mol. The van der Waals surface area contributed by atoms with E-state index in [0.717, 1.165) is 5.56 Å². The van der Waals surface area contributed by atoms with Gasteiger partial charge in [-0.25, -0.2) is 4.98 Å². The first-order valence-corrected chi connectivity index (χ1v) is 4.54. The van der Waals surface area contributed by atoms with E-state index < -0.39 is 0 Å². The fourth-order valence-electron chi connectivity index (χ4n) is 1.22. The summed E-state index contributed by atoms with van der Waals surface area (Å²) < 4.78 is 0. The minimum absolute atomic E-state index is 0.0331. The summed E-state index contributed by atoms with van der Waals surface area (Å²) in [6.45, 7) is 0. The van der Waals surface area contributed by atoms with Crippen LogP contribution in [0.25, 0.3) is 0 Å². The molecule has 0 bridgehead atoms. The second kappa shape index (κ2) is 4.41. The molecule has 15 heavy (non-hydrogen) atoms. The van der Waals surface area contributed by atoms with Crippen LogP contribution in [0.5, 0.6) is 0 Å². The van der Waals surface area contributed by atoms with E-state index >= 15 is 0 Å². The van der Waals surface area contributed by atoms with Crippen LogP contribution in [0.1, 0.15) is 16.1 Å². The van der Waals surface area contributed by atoms with Crippen molar-refractivity contribution in [2.75, 3.05) is 0 Å². The maximum Gasteiger partial charge on any atom is 0.187 e. The molecule has 0 saturated carbocycles. The molecular weight excluding hydrogens is 190 g/mol. The van der Waals surface area contributed by atoms with Crippen LogP contribution in [0.15, 0.2) is 43.1 Å². The Morgan fingerprint density at radius 2 is 1.87 bits per heavy atom. The number of nitrogens with zero attached hydrogens (tertiary/aromatic N) is 3. The van der Waals surface area contributed by atoms with Crippen molar-refractivity contribution in [3.63, 3.8) is 0 Å². The summed E-state index contributed by atoms with van der Waals surface area (Å²) >= 11 is 0. The van der Waals surface area contributed by atoms with Crippen LogP contribution in [0.4, 0.5) is 0 Å². The van der Waals surface area contributed by atoms with Crippen LogP contribution >= 0.6 is 0 Å². The molecule has 0 saturated heterocycles. The molecule has 0 amide bonds. The number of aromatic nitrogens is 3. The van der Waals surface area contributed by atoms with Gasteiger partial charge in [-0.2, -0.15) is 0 Å². The van der Waals surface area contributed by atoms with Gasteiger partial charge in [-0.1, -0.05) is 0 Å². The van der Waals surface area contributed by atoms with Crippen molar-refractivity contribution in [3.05, 3.63) is 54.4 Å². The third-order valence-electron chi connectivity index (χ3n) is 1.96. The van der Waals surface area contributed by atoms with Gasteiger partial charge in [0, 0.05) is 31.2 Å². The van der Waals surface area contributed by atoms with E-state index in [1.807, 2.05) is 12.1 Å². The van der Waals surface area contributed by atoms with E-state index in [2.05, 4.69) is 15.0 Å². The molecule has 0 aliphatic heterocycles. The van der Waals surface area contributed by atoms with Gasteiger partial charge in [0.1, 0.15) is 5.69 Å². The third kappa shape index (κ3) is 2.43. The molecule has 2 aromatic heterocycles. The van der Waals surface area contributed by atoms with Gasteiger partial charge in [-0.15, -0.1) is 0 Å². The molecule has 0 aliphatic rings. The molecule has 4 nitrogen and oxygen atoms in total. The second-order valence-corrected chi connectivity index (χ2v) is 3.05. The maximum absolute atomic E-state index is 11.7. The molecule has 2 rings (SSSR count). The maximum atomic E-state index is 11.7. The van der Waals surface area contributed by atoms with Gasteiger partial charge < -0.3 is 0 Å². The lowest BCUT2D eigenvalue weighted by atomic mass is 10.1. The Morgan fingerprint density at radius 1 is 1.07 bits per heavy atom. The number of ketones is 1. The summed E-state index contributed by atoms with van der Waals surface area (Å²) in [4.78, 5) is 23.4. The SMILES string of the molecule is O=C(Cc1ccncc1)c1cnccn1. The molecule has 0 aromatic carbocycles. The van der Waals surface area contributed by atoms with E-state index in [0.29, 0.717) is 12.1 Å². The standard InChI is InChI=1S/C11H9N3O/c15-11(10-8-13-5-6-14-10)7-9-1-3-12-4-2-9/h1-6,8H,7H2. The zero-order valence-corrected chi connectivity index (χ0v) is 8.00. The third-order valence-corrected chi connectivity index (χ3v) is 1.96. The van der Waals surface area contributed by atoms with Gasteiger partial charge in [-0.05, 0) is 17.7 Å². The highest BCUT2D eigenvalue weighted by atomic mass is 16.1. The van der Waals surface area contributed by atoms with Crippen LogP contribution in [-0.4, -0.2) is 20.7 Å². The first-order chi connectivity index (χ1) is 7.36. The van der Waals surface area contributed by atoms with Crippen LogP contribution in [0, 0.1) is 0 Å². The minimum Gasteiger partial charge on any atom is -0.292 e. The number of hydrogen-bond acceptors (Lipinski definition) is 4. The number of Topliss-reactive ketones (excluding diaryl/α,β-unsaturated/α-hetero) is 1. The average molecular weight is 199 g/mol. The summed E-state index contributed by atoms with van der Waals surface area (Å²) in [6.07, 6.45) is 8.20.